The van der Waals surface area contributed by atoms with Crippen LogP contribution >= 0.6 is 0 Å². The monoisotopic (exact) mass is 245 g/mol. The van der Waals surface area contributed by atoms with Gasteiger partial charge in [0.05, 0.1) is 0 Å². The molecule has 2 amide bonds. The van der Waals surface area contributed by atoms with Crippen LogP contribution in [0.2, 0.25) is 0 Å². The summed E-state index contributed by atoms with van der Waals surface area (Å²) in [7, 11) is 5.32. The molecule has 0 aromatic carbocycles. The molecule has 2 N–H and O–H groups in total. The molecule has 0 heterocycles. The largest absolute Gasteiger partial charge is 0.481 e. The smallest absolute Gasteiger partial charge is 0.319 e. The van der Waals surface area contributed by atoms with Crippen LogP contribution in [-0.2, 0) is 4.79 Å². The van der Waals surface area contributed by atoms with Crippen molar-refractivity contribution in [2.24, 2.45) is 0 Å². The Kier molecular flexibility index (Phi) is 8.13. The Labute approximate surface area is 103 Å². The molecular weight excluding hydrogens is 222 g/mol. The van der Waals surface area contributed by atoms with Gasteiger partial charge < -0.3 is 20.2 Å². The van der Waals surface area contributed by atoms with E-state index >= 15 is 0 Å². The normalized spacial score (nSPS) is 10.1. The average Bonchev–Trinajstić information content (AvgIpc) is 2.27. The Hall–Kier alpha value is -1.30. The molecule has 0 unspecified atom stereocenters. The summed E-state index contributed by atoms with van der Waals surface area (Å²) in [5.41, 5.74) is 0. The summed E-state index contributed by atoms with van der Waals surface area (Å²) in [6, 6.07) is -0.0634. The molecule has 100 valence electrons. The predicted octanol–water partition coefficient (Wildman–Crippen LogP) is 0.444. The first-order chi connectivity index (χ1) is 7.99. The van der Waals surface area contributed by atoms with Crippen molar-refractivity contribution in [2.45, 2.75) is 19.3 Å². The molecule has 6 nitrogen and oxygen atoms in total. The molecular formula is C11H23N3O3. The minimum absolute atomic E-state index is 0.0634. The zero-order chi connectivity index (χ0) is 13.3. The fraction of sp³-hybridized carbons (Fsp3) is 0.818. The molecule has 0 aromatic rings. The second-order valence-electron chi connectivity index (χ2n) is 4.08. The standard InChI is InChI=1S/C11H23N3O3/c1-12-7-5-9-14(3)11(17)13(2)8-4-6-10(15)16/h12H,4-9H2,1-3H3,(H,15,16). The molecule has 0 saturated carbocycles. The van der Waals surface area contributed by atoms with Crippen LogP contribution in [-0.4, -0.2) is 67.7 Å². The van der Waals surface area contributed by atoms with Crippen molar-refractivity contribution in [1.82, 2.24) is 15.1 Å². The molecule has 0 aromatic heterocycles. The SMILES string of the molecule is CNCCCN(C)C(=O)N(C)CCCC(=O)O. The van der Waals surface area contributed by atoms with Gasteiger partial charge in [0, 0.05) is 33.6 Å². The van der Waals surface area contributed by atoms with E-state index in [1.807, 2.05) is 7.05 Å². The third-order valence-corrected chi connectivity index (χ3v) is 2.46. The van der Waals surface area contributed by atoms with Gasteiger partial charge >= 0.3 is 12.0 Å². The maximum atomic E-state index is 11.8. The quantitative estimate of drug-likeness (QED) is 0.609. The van der Waals surface area contributed by atoms with Gasteiger partial charge in [0.2, 0.25) is 0 Å². The lowest BCUT2D eigenvalue weighted by Gasteiger charge is -2.24. The lowest BCUT2D eigenvalue weighted by atomic mass is 10.3. The molecule has 0 atom stereocenters. The van der Waals surface area contributed by atoms with Gasteiger partial charge in [-0.05, 0) is 26.4 Å². The number of hydrogen-bond donors (Lipinski definition) is 2. The van der Waals surface area contributed by atoms with Gasteiger partial charge in [0.1, 0.15) is 0 Å². The van der Waals surface area contributed by atoms with Crippen LogP contribution in [0.4, 0.5) is 4.79 Å². The maximum Gasteiger partial charge on any atom is 0.319 e. The number of carbonyl (C=O) groups excluding carboxylic acids is 1. The van der Waals surface area contributed by atoms with Gasteiger partial charge in [-0.3, -0.25) is 4.79 Å². The third-order valence-electron chi connectivity index (χ3n) is 2.46. The van der Waals surface area contributed by atoms with Crippen molar-refractivity contribution >= 4 is 12.0 Å². The lowest BCUT2D eigenvalue weighted by molar-refractivity contribution is -0.137. The lowest BCUT2D eigenvalue weighted by Crippen LogP contribution is -2.40. The van der Waals surface area contributed by atoms with Crippen molar-refractivity contribution in [3.05, 3.63) is 0 Å². The van der Waals surface area contributed by atoms with E-state index in [0.29, 0.717) is 19.5 Å². The van der Waals surface area contributed by atoms with E-state index in [1.165, 1.54) is 0 Å². The van der Waals surface area contributed by atoms with Gasteiger partial charge in [-0.2, -0.15) is 0 Å². The molecule has 0 rings (SSSR count). The fourth-order valence-corrected chi connectivity index (χ4v) is 1.44. The summed E-state index contributed by atoms with van der Waals surface area (Å²) >= 11 is 0. The Balaban J connectivity index is 3.81. The second kappa shape index (κ2) is 8.81. The highest BCUT2D eigenvalue weighted by Crippen LogP contribution is 1.98. The molecule has 0 bridgehead atoms. The summed E-state index contributed by atoms with van der Waals surface area (Å²) in [6.07, 6.45) is 1.49. The molecule has 17 heavy (non-hydrogen) atoms. The molecule has 0 fully saturated rings. The minimum atomic E-state index is -0.826. The van der Waals surface area contributed by atoms with Crippen LogP contribution in [0.1, 0.15) is 19.3 Å². The van der Waals surface area contributed by atoms with E-state index < -0.39 is 5.97 Å². The number of rotatable bonds is 8. The first-order valence-corrected chi connectivity index (χ1v) is 5.81. The summed E-state index contributed by atoms with van der Waals surface area (Å²) in [5.74, 6) is -0.826. The van der Waals surface area contributed by atoms with Crippen LogP contribution in [0.25, 0.3) is 0 Å². The molecule has 0 saturated heterocycles. The number of urea groups is 1. The van der Waals surface area contributed by atoms with Crippen LogP contribution < -0.4 is 5.32 Å². The van der Waals surface area contributed by atoms with Crippen LogP contribution in [0, 0.1) is 0 Å². The number of amides is 2. The Morgan fingerprint density at radius 1 is 1.12 bits per heavy atom. The van der Waals surface area contributed by atoms with Crippen molar-refractivity contribution in [2.75, 3.05) is 40.8 Å². The maximum absolute atomic E-state index is 11.8. The van der Waals surface area contributed by atoms with E-state index in [-0.39, 0.29) is 12.5 Å². The second-order valence-corrected chi connectivity index (χ2v) is 4.08. The first kappa shape index (κ1) is 15.7. The summed E-state index contributed by atoms with van der Waals surface area (Å²) in [6.45, 7) is 2.05. The Morgan fingerprint density at radius 3 is 2.12 bits per heavy atom. The molecule has 0 radical (unpaired) electrons. The van der Waals surface area contributed by atoms with Gasteiger partial charge in [0.15, 0.2) is 0 Å². The Bertz CT molecular complexity index is 246. The van der Waals surface area contributed by atoms with Gasteiger partial charge in [-0.1, -0.05) is 0 Å². The molecule has 0 aliphatic rings. The van der Waals surface area contributed by atoms with Crippen LogP contribution in [0.3, 0.4) is 0 Å². The van der Waals surface area contributed by atoms with E-state index in [9.17, 15) is 9.59 Å². The van der Waals surface area contributed by atoms with Crippen molar-refractivity contribution in [1.29, 1.82) is 0 Å². The van der Waals surface area contributed by atoms with Gasteiger partial charge in [-0.15, -0.1) is 0 Å². The number of carbonyl (C=O) groups is 2. The van der Waals surface area contributed by atoms with Crippen molar-refractivity contribution in [3.8, 4) is 0 Å². The number of nitrogens with zero attached hydrogens (tertiary/aromatic N) is 2. The molecule has 0 aliphatic heterocycles. The highest BCUT2D eigenvalue weighted by atomic mass is 16.4. The third kappa shape index (κ3) is 7.57. The van der Waals surface area contributed by atoms with Crippen LogP contribution in [0.5, 0.6) is 0 Å². The Morgan fingerprint density at radius 2 is 1.65 bits per heavy atom. The number of carboxylic acid groups (broad SMARTS) is 1. The zero-order valence-electron chi connectivity index (χ0n) is 10.9. The highest BCUT2D eigenvalue weighted by Gasteiger charge is 2.13. The van der Waals surface area contributed by atoms with E-state index in [1.54, 1.807) is 23.9 Å². The predicted molar refractivity (Wildman–Crippen MR) is 66.1 cm³/mol. The summed E-state index contributed by atoms with van der Waals surface area (Å²) in [5, 5.41) is 11.5. The number of nitrogens with one attached hydrogen (secondary N) is 1. The summed E-state index contributed by atoms with van der Waals surface area (Å²) < 4.78 is 0. The minimum Gasteiger partial charge on any atom is -0.481 e. The fourth-order valence-electron chi connectivity index (χ4n) is 1.44. The highest BCUT2D eigenvalue weighted by molar-refractivity contribution is 5.73. The van der Waals surface area contributed by atoms with Crippen molar-refractivity contribution < 1.29 is 14.7 Å². The van der Waals surface area contributed by atoms with Gasteiger partial charge in [-0.25, -0.2) is 4.79 Å². The van der Waals surface area contributed by atoms with E-state index in [4.69, 9.17) is 5.11 Å². The molecule has 0 spiro atoms. The first-order valence-electron chi connectivity index (χ1n) is 5.81. The number of carboxylic acids is 1. The molecule has 0 aliphatic carbocycles. The van der Waals surface area contributed by atoms with E-state index in [2.05, 4.69) is 5.32 Å². The van der Waals surface area contributed by atoms with E-state index in [0.717, 1.165) is 13.0 Å². The number of hydrogen-bond acceptors (Lipinski definition) is 3. The van der Waals surface area contributed by atoms with Gasteiger partial charge in [0.25, 0.3) is 0 Å². The van der Waals surface area contributed by atoms with Crippen LogP contribution in [0.15, 0.2) is 0 Å². The molecule has 6 heteroatoms. The summed E-state index contributed by atoms with van der Waals surface area (Å²) in [4.78, 5) is 25.3. The number of aliphatic carboxylic acids is 1. The average molecular weight is 245 g/mol. The topological polar surface area (TPSA) is 72.9 Å². The zero-order valence-corrected chi connectivity index (χ0v) is 10.9. The van der Waals surface area contributed by atoms with Crippen molar-refractivity contribution in [3.63, 3.8) is 0 Å².